The van der Waals surface area contributed by atoms with E-state index in [0.29, 0.717) is 5.75 Å². The molecule has 0 unspecified atom stereocenters. The summed E-state index contributed by atoms with van der Waals surface area (Å²) in [6.45, 7) is 11.8. The number of nitrogens with one attached hydrogen (secondary N) is 2. The third-order valence-electron chi connectivity index (χ3n) is 4.08. The van der Waals surface area contributed by atoms with Crippen LogP contribution >= 0.6 is 24.0 Å². The van der Waals surface area contributed by atoms with Crippen molar-refractivity contribution in [2.75, 3.05) is 51.2 Å². The van der Waals surface area contributed by atoms with Gasteiger partial charge >= 0.3 is 0 Å². The molecule has 0 spiro atoms. The van der Waals surface area contributed by atoms with E-state index in [1.165, 1.54) is 0 Å². The molecule has 1 aliphatic heterocycles. The molecule has 0 aromatic heterocycles. The number of piperazine rings is 1. The predicted molar refractivity (Wildman–Crippen MR) is 116 cm³/mol. The zero-order chi connectivity index (χ0) is 17.6. The van der Waals surface area contributed by atoms with Crippen LogP contribution in [0.4, 0.5) is 5.69 Å². The van der Waals surface area contributed by atoms with E-state index in [9.17, 15) is 5.11 Å². The summed E-state index contributed by atoms with van der Waals surface area (Å²) in [7, 11) is 1.83. The van der Waals surface area contributed by atoms with E-state index in [0.717, 1.165) is 50.9 Å². The van der Waals surface area contributed by atoms with Crippen molar-refractivity contribution >= 4 is 35.6 Å². The molecule has 0 atom stereocenters. The Bertz CT molecular complexity index is 551. The number of guanidine groups is 1. The van der Waals surface area contributed by atoms with E-state index in [2.05, 4.69) is 46.2 Å². The Morgan fingerprint density at radius 1 is 1.12 bits per heavy atom. The molecule has 142 valence electrons. The van der Waals surface area contributed by atoms with Crippen LogP contribution in [0.5, 0.6) is 5.75 Å². The molecular weight excluding hydrogens is 429 g/mol. The van der Waals surface area contributed by atoms with Gasteiger partial charge in [-0.1, -0.05) is 12.1 Å². The Morgan fingerprint density at radius 3 is 2.32 bits per heavy atom. The number of hydrogen-bond acceptors (Lipinski definition) is 4. The Morgan fingerprint density at radius 2 is 1.76 bits per heavy atom. The Hall–Kier alpha value is -1.22. The first-order valence-corrected chi connectivity index (χ1v) is 8.64. The number of halogens is 1. The quantitative estimate of drug-likeness (QED) is 0.278. The first kappa shape index (κ1) is 21.8. The second-order valence-corrected chi connectivity index (χ2v) is 7.11. The molecule has 1 aromatic rings. The number of hydrogen-bond donors (Lipinski definition) is 3. The molecule has 0 bridgehead atoms. The van der Waals surface area contributed by atoms with E-state index in [-0.39, 0.29) is 29.5 Å². The van der Waals surface area contributed by atoms with Gasteiger partial charge in [0.05, 0.1) is 5.69 Å². The predicted octanol–water partition coefficient (Wildman–Crippen LogP) is 2.10. The third-order valence-corrected chi connectivity index (χ3v) is 4.08. The lowest BCUT2D eigenvalue weighted by atomic mass is 10.1. The number of anilines is 1. The molecule has 1 saturated heterocycles. The van der Waals surface area contributed by atoms with Crippen molar-refractivity contribution in [1.82, 2.24) is 15.5 Å². The molecule has 7 heteroatoms. The molecule has 0 aliphatic carbocycles. The maximum absolute atomic E-state index is 9.99. The lowest BCUT2D eigenvalue weighted by molar-refractivity contribution is 0.367. The number of para-hydroxylation sites is 2. The van der Waals surface area contributed by atoms with Crippen molar-refractivity contribution < 1.29 is 5.11 Å². The van der Waals surface area contributed by atoms with Gasteiger partial charge in [0.2, 0.25) is 0 Å². The third kappa shape index (κ3) is 6.89. The first-order chi connectivity index (χ1) is 11.4. The highest BCUT2D eigenvalue weighted by atomic mass is 127. The highest BCUT2D eigenvalue weighted by Crippen LogP contribution is 2.27. The van der Waals surface area contributed by atoms with Crippen LogP contribution in [0.1, 0.15) is 20.8 Å². The average Bonchev–Trinajstić information content (AvgIpc) is 2.55. The molecule has 2 rings (SSSR count). The largest absolute Gasteiger partial charge is 0.506 e. The lowest BCUT2D eigenvalue weighted by Crippen LogP contribution is -2.53. The fraction of sp³-hybridized carbons (Fsp3) is 0.611. The standard InChI is InChI=1S/C18H31N5O.HI/c1-18(2,3)21-10-9-20-17(19-4)23-13-11-22(12-14-23)15-7-5-6-8-16(15)24;/h5-8,21,24H,9-14H2,1-4H3,(H,19,20);1H. The number of phenolic OH excluding ortho intramolecular Hbond substituents is 1. The van der Waals surface area contributed by atoms with Crippen molar-refractivity contribution in [2.24, 2.45) is 4.99 Å². The molecular formula is C18H32IN5O. The van der Waals surface area contributed by atoms with Gasteiger partial charge in [0.25, 0.3) is 0 Å². The second-order valence-electron chi connectivity index (χ2n) is 7.11. The van der Waals surface area contributed by atoms with Crippen LogP contribution in [0.15, 0.2) is 29.3 Å². The molecule has 0 amide bonds. The van der Waals surface area contributed by atoms with Crippen molar-refractivity contribution in [3.8, 4) is 5.75 Å². The highest BCUT2D eigenvalue weighted by molar-refractivity contribution is 14.0. The second kappa shape index (κ2) is 10.1. The van der Waals surface area contributed by atoms with Gasteiger partial charge in [-0.2, -0.15) is 0 Å². The Balaban J connectivity index is 0.00000312. The van der Waals surface area contributed by atoms with Crippen molar-refractivity contribution in [3.05, 3.63) is 24.3 Å². The summed E-state index contributed by atoms with van der Waals surface area (Å²) in [5, 5.41) is 16.9. The minimum absolute atomic E-state index is 0. The summed E-state index contributed by atoms with van der Waals surface area (Å²) in [5.74, 6) is 1.30. The summed E-state index contributed by atoms with van der Waals surface area (Å²) in [6, 6.07) is 7.53. The van der Waals surface area contributed by atoms with Crippen molar-refractivity contribution in [1.29, 1.82) is 0 Å². The summed E-state index contributed by atoms with van der Waals surface area (Å²) >= 11 is 0. The minimum atomic E-state index is 0. The van der Waals surface area contributed by atoms with Crippen LogP contribution in [0.2, 0.25) is 0 Å². The SMILES string of the molecule is CN=C(NCCNC(C)(C)C)N1CCN(c2ccccc2O)CC1.I. The van der Waals surface area contributed by atoms with Crippen LogP contribution in [0.3, 0.4) is 0 Å². The van der Waals surface area contributed by atoms with Crippen LogP contribution < -0.4 is 15.5 Å². The van der Waals surface area contributed by atoms with Gasteiger partial charge in [-0.05, 0) is 32.9 Å². The molecule has 6 nitrogen and oxygen atoms in total. The number of benzene rings is 1. The first-order valence-electron chi connectivity index (χ1n) is 8.64. The Kier molecular flexibility index (Phi) is 8.78. The van der Waals surface area contributed by atoms with Gasteiger partial charge in [0, 0.05) is 51.9 Å². The summed E-state index contributed by atoms with van der Waals surface area (Å²) < 4.78 is 0. The molecule has 1 aromatic carbocycles. The number of phenols is 1. The molecule has 3 N–H and O–H groups in total. The van der Waals surface area contributed by atoms with E-state index < -0.39 is 0 Å². The summed E-state index contributed by atoms with van der Waals surface area (Å²) in [5.41, 5.74) is 1.04. The van der Waals surface area contributed by atoms with Gasteiger partial charge in [-0.25, -0.2) is 0 Å². The highest BCUT2D eigenvalue weighted by Gasteiger charge is 2.21. The van der Waals surface area contributed by atoms with Crippen LogP contribution in [0.25, 0.3) is 0 Å². The van der Waals surface area contributed by atoms with Gasteiger partial charge in [-0.15, -0.1) is 24.0 Å². The number of rotatable bonds is 4. The fourth-order valence-corrected chi connectivity index (χ4v) is 2.83. The van der Waals surface area contributed by atoms with E-state index in [1.54, 1.807) is 6.07 Å². The van der Waals surface area contributed by atoms with Gasteiger partial charge < -0.3 is 25.5 Å². The minimum Gasteiger partial charge on any atom is -0.506 e. The molecule has 1 heterocycles. The monoisotopic (exact) mass is 461 g/mol. The van der Waals surface area contributed by atoms with Crippen LogP contribution in [-0.4, -0.2) is 67.8 Å². The van der Waals surface area contributed by atoms with Gasteiger partial charge in [0.15, 0.2) is 5.96 Å². The molecule has 1 fully saturated rings. The number of nitrogens with zero attached hydrogens (tertiary/aromatic N) is 3. The lowest BCUT2D eigenvalue weighted by Gasteiger charge is -2.38. The summed E-state index contributed by atoms with van der Waals surface area (Å²) in [4.78, 5) is 8.89. The molecule has 0 radical (unpaired) electrons. The fourth-order valence-electron chi connectivity index (χ4n) is 2.83. The van der Waals surface area contributed by atoms with E-state index >= 15 is 0 Å². The maximum atomic E-state index is 9.99. The van der Waals surface area contributed by atoms with E-state index in [1.807, 2.05) is 25.2 Å². The molecule has 1 aliphatic rings. The number of aliphatic imine (C=N–C) groups is 1. The van der Waals surface area contributed by atoms with E-state index in [4.69, 9.17) is 0 Å². The van der Waals surface area contributed by atoms with Gasteiger partial charge in [0.1, 0.15) is 5.75 Å². The van der Waals surface area contributed by atoms with Crippen molar-refractivity contribution in [2.45, 2.75) is 26.3 Å². The van der Waals surface area contributed by atoms with Gasteiger partial charge in [-0.3, -0.25) is 4.99 Å². The normalized spacial score (nSPS) is 15.8. The van der Waals surface area contributed by atoms with Crippen molar-refractivity contribution in [3.63, 3.8) is 0 Å². The zero-order valence-electron chi connectivity index (χ0n) is 15.7. The molecule has 0 saturated carbocycles. The maximum Gasteiger partial charge on any atom is 0.193 e. The number of aromatic hydroxyl groups is 1. The van der Waals surface area contributed by atoms with Crippen LogP contribution in [-0.2, 0) is 0 Å². The smallest absolute Gasteiger partial charge is 0.193 e. The molecule has 25 heavy (non-hydrogen) atoms. The zero-order valence-corrected chi connectivity index (χ0v) is 18.1. The topological polar surface area (TPSA) is 63.1 Å². The Labute approximate surface area is 168 Å². The summed E-state index contributed by atoms with van der Waals surface area (Å²) in [6.07, 6.45) is 0. The average molecular weight is 461 g/mol. The van der Waals surface area contributed by atoms with Crippen LogP contribution in [0, 0.1) is 0 Å².